The Kier molecular flexibility index (Phi) is 4.31. The van der Waals surface area contributed by atoms with E-state index in [0.717, 1.165) is 47.9 Å². The number of carbonyl (C=O) groups excluding carboxylic acids is 1. The Morgan fingerprint density at radius 3 is 2.14 bits per heavy atom. The Bertz CT molecular complexity index is 1030. The minimum atomic E-state index is -4.35. The van der Waals surface area contributed by atoms with Crippen LogP contribution in [0.25, 0.3) is 0 Å². The smallest absolute Gasteiger partial charge is 0.333 e. The Hall–Kier alpha value is -2.32. The van der Waals surface area contributed by atoms with Crippen molar-refractivity contribution >= 4 is 21.7 Å². The fourth-order valence-electron chi connectivity index (χ4n) is 4.24. The van der Waals surface area contributed by atoms with Gasteiger partial charge in [-0.15, -0.1) is 0 Å². The maximum absolute atomic E-state index is 13.4. The van der Waals surface area contributed by atoms with Crippen molar-refractivity contribution in [3.63, 3.8) is 0 Å². The lowest BCUT2D eigenvalue weighted by atomic mass is 9.99. The standard InChI is InChI=1S/C20H24N2O5S/c1-20(2,24)14-10-17(27-11-14)28(25,26)22(19(21)23)18-15-7-3-5-12(15)9-13-6-4-8-16(13)18/h9-11,24H,3-8H2,1-2H3,(H2,21,23). The van der Waals surface area contributed by atoms with E-state index in [1.54, 1.807) is 0 Å². The third kappa shape index (κ3) is 2.91. The van der Waals surface area contributed by atoms with E-state index >= 15 is 0 Å². The highest BCUT2D eigenvalue weighted by molar-refractivity contribution is 7.93. The number of carbonyl (C=O) groups is 1. The van der Waals surface area contributed by atoms with E-state index < -0.39 is 26.7 Å². The van der Waals surface area contributed by atoms with Crippen molar-refractivity contribution < 1.29 is 22.7 Å². The first-order valence-electron chi connectivity index (χ1n) is 9.43. The molecule has 7 nitrogen and oxygen atoms in total. The highest BCUT2D eigenvalue weighted by atomic mass is 32.2. The fraction of sp³-hybridized carbons (Fsp3) is 0.450. The number of fused-ring (bicyclic) bond motifs is 2. The van der Waals surface area contributed by atoms with Crippen LogP contribution in [0.4, 0.5) is 10.5 Å². The molecule has 0 unspecified atom stereocenters. The van der Waals surface area contributed by atoms with Gasteiger partial charge in [-0.25, -0.2) is 4.79 Å². The van der Waals surface area contributed by atoms with Gasteiger partial charge in [-0.05, 0) is 74.6 Å². The van der Waals surface area contributed by atoms with Crippen molar-refractivity contribution in [3.8, 4) is 0 Å². The zero-order valence-corrected chi connectivity index (χ0v) is 16.8. The third-order valence-electron chi connectivity index (χ3n) is 5.62. The lowest BCUT2D eigenvalue weighted by Gasteiger charge is -2.25. The van der Waals surface area contributed by atoms with Crippen LogP contribution in [0.15, 0.2) is 27.9 Å². The number of furan rings is 1. The molecule has 0 aliphatic heterocycles. The predicted octanol–water partition coefficient (Wildman–Crippen LogP) is 2.76. The summed E-state index contributed by atoms with van der Waals surface area (Å²) in [5.74, 6) is 0. The summed E-state index contributed by atoms with van der Waals surface area (Å²) in [5.41, 5.74) is 8.99. The Morgan fingerprint density at radius 1 is 1.11 bits per heavy atom. The summed E-state index contributed by atoms with van der Waals surface area (Å²) < 4.78 is 32.7. The quantitative estimate of drug-likeness (QED) is 0.813. The lowest BCUT2D eigenvalue weighted by molar-refractivity contribution is 0.0779. The number of rotatable bonds is 4. The second-order valence-electron chi connectivity index (χ2n) is 8.03. The summed E-state index contributed by atoms with van der Waals surface area (Å²) in [6.07, 6.45) is 6.18. The molecule has 1 aromatic heterocycles. The number of hydrogen-bond donors (Lipinski definition) is 2. The highest BCUT2D eigenvalue weighted by Crippen LogP contribution is 2.42. The van der Waals surface area contributed by atoms with Gasteiger partial charge in [0.2, 0.25) is 5.09 Å². The predicted molar refractivity (Wildman–Crippen MR) is 104 cm³/mol. The molecule has 0 bridgehead atoms. The van der Waals surface area contributed by atoms with Gasteiger partial charge in [-0.3, -0.25) is 0 Å². The number of nitrogens with zero attached hydrogens (tertiary/aromatic N) is 1. The number of aryl methyl sites for hydroxylation is 2. The number of benzene rings is 1. The molecule has 2 aromatic rings. The number of anilines is 1. The van der Waals surface area contributed by atoms with Crippen LogP contribution < -0.4 is 10.0 Å². The van der Waals surface area contributed by atoms with E-state index in [0.29, 0.717) is 28.4 Å². The normalized spacial score (nSPS) is 16.1. The molecule has 2 amide bonds. The summed E-state index contributed by atoms with van der Waals surface area (Å²) in [6.45, 7) is 3.05. The molecule has 150 valence electrons. The van der Waals surface area contributed by atoms with Crippen LogP contribution in [0.5, 0.6) is 0 Å². The van der Waals surface area contributed by atoms with Gasteiger partial charge in [0.15, 0.2) is 0 Å². The van der Waals surface area contributed by atoms with Crippen molar-refractivity contribution in [2.45, 2.75) is 63.1 Å². The Balaban J connectivity index is 1.90. The van der Waals surface area contributed by atoms with E-state index in [4.69, 9.17) is 10.2 Å². The largest absolute Gasteiger partial charge is 0.451 e. The molecule has 0 fully saturated rings. The molecule has 0 radical (unpaired) electrons. The van der Waals surface area contributed by atoms with Crippen LogP contribution in [0.1, 0.15) is 54.5 Å². The minimum absolute atomic E-state index is 0.305. The average Bonchev–Trinajstić information content (AvgIpc) is 3.33. The van der Waals surface area contributed by atoms with E-state index in [2.05, 4.69) is 6.07 Å². The van der Waals surface area contributed by atoms with Gasteiger partial charge >= 0.3 is 16.1 Å². The number of urea groups is 1. The third-order valence-corrected chi connectivity index (χ3v) is 7.19. The maximum Gasteiger partial charge on any atom is 0.333 e. The molecule has 3 N–H and O–H groups in total. The summed E-state index contributed by atoms with van der Waals surface area (Å²) in [7, 11) is -4.35. The second kappa shape index (κ2) is 6.35. The van der Waals surface area contributed by atoms with Gasteiger partial charge < -0.3 is 15.3 Å². The number of aliphatic hydroxyl groups is 1. The molecule has 0 saturated heterocycles. The Labute approximate surface area is 164 Å². The number of nitrogens with two attached hydrogens (primary N) is 1. The first kappa shape index (κ1) is 19.0. The summed E-state index contributed by atoms with van der Waals surface area (Å²) >= 11 is 0. The van der Waals surface area contributed by atoms with Crippen molar-refractivity contribution in [1.29, 1.82) is 0 Å². The van der Waals surface area contributed by atoms with E-state index in [1.165, 1.54) is 26.2 Å². The average molecular weight is 404 g/mol. The summed E-state index contributed by atoms with van der Waals surface area (Å²) in [6, 6.07) is 2.34. The maximum atomic E-state index is 13.4. The first-order valence-corrected chi connectivity index (χ1v) is 10.9. The zero-order valence-electron chi connectivity index (χ0n) is 16.0. The highest BCUT2D eigenvalue weighted by Gasteiger charge is 2.38. The van der Waals surface area contributed by atoms with Crippen LogP contribution in [-0.4, -0.2) is 19.6 Å². The van der Waals surface area contributed by atoms with Gasteiger partial charge in [-0.1, -0.05) is 6.07 Å². The zero-order chi connectivity index (χ0) is 20.3. The van der Waals surface area contributed by atoms with Gasteiger partial charge in [0.25, 0.3) is 0 Å². The summed E-state index contributed by atoms with van der Waals surface area (Å²) in [5, 5.41) is 9.72. The molecule has 1 heterocycles. The van der Waals surface area contributed by atoms with Gasteiger partial charge in [0.05, 0.1) is 17.6 Å². The first-order chi connectivity index (χ1) is 13.1. The molecule has 0 saturated carbocycles. The van der Waals surface area contributed by atoms with Gasteiger partial charge in [-0.2, -0.15) is 12.7 Å². The van der Waals surface area contributed by atoms with Gasteiger partial charge in [0, 0.05) is 11.6 Å². The van der Waals surface area contributed by atoms with Crippen LogP contribution in [0.2, 0.25) is 0 Å². The second-order valence-corrected chi connectivity index (χ2v) is 9.75. The van der Waals surface area contributed by atoms with E-state index in [1.807, 2.05) is 0 Å². The molecular formula is C20H24N2O5S. The molecule has 28 heavy (non-hydrogen) atoms. The van der Waals surface area contributed by atoms with Crippen LogP contribution >= 0.6 is 0 Å². The number of hydrogen-bond acceptors (Lipinski definition) is 5. The lowest BCUT2D eigenvalue weighted by Crippen LogP contribution is -2.42. The fourth-order valence-corrected chi connectivity index (χ4v) is 5.57. The van der Waals surface area contributed by atoms with Crippen LogP contribution in [0, 0.1) is 0 Å². The van der Waals surface area contributed by atoms with Crippen LogP contribution in [-0.2, 0) is 41.3 Å². The Morgan fingerprint density at radius 2 is 1.68 bits per heavy atom. The molecule has 2 aliphatic rings. The number of amides is 2. The van der Waals surface area contributed by atoms with Crippen LogP contribution in [0.3, 0.4) is 0 Å². The molecule has 4 rings (SSSR count). The SMILES string of the molecule is CC(C)(O)c1coc(S(=O)(=O)N(C(N)=O)c2c3c(cc4c2CCC4)CCC3)c1. The molecule has 0 atom stereocenters. The number of primary amides is 1. The minimum Gasteiger partial charge on any atom is -0.451 e. The molecule has 0 spiro atoms. The van der Waals surface area contributed by atoms with Crippen molar-refractivity contribution in [2.24, 2.45) is 5.73 Å². The molecule has 1 aromatic carbocycles. The van der Waals surface area contributed by atoms with Gasteiger partial charge in [0.1, 0.15) is 0 Å². The van der Waals surface area contributed by atoms with E-state index in [9.17, 15) is 18.3 Å². The summed E-state index contributed by atoms with van der Waals surface area (Å²) in [4.78, 5) is 12.4. The number of sulfonamides is 1. The van der Waals surface area contributed by atoms with E-state index in [-0.39, 0.29) is 0 Å². The molecular weight excluding hydrogens is 380 g/mol. The molecule has 2 aliphatic carbocycles. The topological polar surface area (TPSA) is 114 Å². The van der Waals surface area contributed by atoms with Crippen molar-refractivity contribution in [3.05, 3.63) is 46.2 Å². The van der Waals surface area contributed by atoms with Crippen molar-refractivity contribution in [1.82, 2.24) is 0 Å². The monoisotopic (exact) mass is 404 g/mol. The molecule has 8 heteroatoms. The van der Waals surface area contributed by atoms with Crippen molar-refractivity contribution in [2.75, 3.05) is 4.31 Å².